The molecule has 0 radical (unpaired) electrons. The van der Waals surface area contributed by atoms with Crippen molar-refractivity contribution < 1.29 is 14.9 Å². The Balaban J connectivity index is 3.02. The Labute approximate surface area is 85.0 Å². The maximum absolute atomic E-state index is 11.4. The van der Waals surface area contributed by atoms with Crippen LogP contribution in [0.15, 0.2) is 29.4 Å². The molecule has 0 aliphatic carbocycles. The minimum atomic E-state index is -0.622. The van der Waals surface area contributed by atoms with Crippen LogP contribution in [0.5, 0.6) is 0 Å². The Kier molecular flexibility index (Phi) is 3.50. The molecule has 0 atom stereocenters. The van der Waals surface area contributed by atoms with Crippen LogP contribution in [0.4, 0.5) is 5.69 Å². The molecule has 0 heterocycles. The third kappa shape index (κ3) is 2.60. The van der Waals surface area contributed by atoms with Gasteiger partial charge in [0.05, 0.1) is 16.7 Å². The zero-order chi connectivity index (χ0) is 11.3. The predicted octanol–water partition coefficient (Wildman–Crippen LogP) is 1.63. The lowest BCUT2D eigenvalue weighted by Crippen LogP contribution is -2.04. The fourth-order valence-electron chi connectivity index (χ4n) is 1.10. The fraction of sp³-hybridized carbons (Fsp3) is 0.111. The van der Waals surface area contributed by atoms with Crippen molar-refractivity contribution >= 4 is 17.7 Å². The molecule has 6 nitrogen and oxygen atoms in total. The predicted molar refractivity (Wildman–Crippen MR) is 52.3 cm³/mol. The van der Waals surface area contributed by atoms with Crippen LogP contribution in [0, 0.1) is 10.1 Å². The number of nitro benzene ring substituents is 1. The molecule has 0 spiro atoms. The van der Waals surface area contributed by atoms with E-state index in [1.807, 2.05) is 0 Å². The van der Waals surface area contributed by atoms with Crippen molar-refractivity contribution in [1.29, 1.82) is 0 Å². The van der Waals surface area contributed by atoms with Gasteiger partial charge in [-0.2, -0.15) is 0 Å². The number of rotatable bonds is 4. The quantitative estimate of drug-likeness (QED) is 0.267. The summed E-state index contributed by atoms with van der Waals surface area (Å²) in [6.07, 6.45) is 0.820. The Hall–Kier alpha value is -2.24. The number of benzene rings is 1. The van der Waals surface area contributed by atoms with E-state index in [9.17, 15) is 14.9 Å². The van der Waals surface area contributed by atoms with Crippen LogP contribution < -0.4 is 0 Å². The summed E-state index contributed by atoms with van der Waals surface area (Å²) >= 11 is 0. The van der Waals surface area contributed by atoms with E-state index in [2.05, 4.69) is 5.16 Å². The topological polar surface area (TPSA) is 92.8 Å². The molecule has 1 rings (SSSR count). The average molecular weight is 208 g/mol. The lowest BCUT2D eigenvalue weighted by Gasteiger charge is -1.98. The number of hydrogen-bond acceptors (Lipinski definition) is 5. The molecule has 0 aliphatic heterocycles. The fourth-order valence-corrected chi connectivity index (χ4v) is 1.10. The molecule has 78 valence electrons. The summed E-state index contributed by atoms with van der Waals surface area (Å²) in [4.78, 5) is 21.4. The van der Waals surface area contributed by atoms with Crippen LogP contribution in [-0.4, -0.2) is 22.1 Å². The number of nitro groups is 1. The molecule has 15 heavy (non-hydrogen) atoms. The Morgan fingerprint density at radius 2 is 2.20 bits per heavy atom. The number of oxime groups is 1. The van der Waals surface area contributed by atoms with Crippen LogP contribution in [0.1, 0.15) is 16.8 Å². The number of para-hydroxylation sites is 1. The maximum atomic E-state index is 11.4. The lowest BCUT2D eigenvalue weighted by molar-refractivity contribution is -0.385. The number of carbonyl (C=O) groups is 1. The molecule has 6 heteroatoms. The molecule has 0 amide bonds. The standard InChI is InChI=1S/C9H8N2O4/c12-9(5-6-10-13)7-3-1-2-4-8(7)11(14)15/h1-4,6,13H,5H2/b10-6+. The molecule has 1 N–H and O–H groups in total. The van der Waals surface area contributed by atoms with Gasteiger partial charge in [-0.15, -0.1) is 5.16 Å². The highest BCUT2D eigenvalue weighted by Crippen LogP contribution is 2.18. The summed E-state index contributed by atoms with van der Waals surface area (Å²) in [7, 11) is 0. The van der Waals surface area contributed by atoms with Gasteiger partial charge in [0.15, 0.2) is 5.78 Å². The van der Waals surface area contributed by atoms with Gasteiger partial charge in [0.2, 0.25) is 0 Å². The van der Waals surface area contributed by atoms with E-state index in [4.69, 9.17) is 5.21 Å². The van der Waals surface area contributed by atoms with E-state index >= 15 is 0 Å². The summed E-state index contributed by atoms with van der Waals surface area (Å²) < 4.78 is 0. The molecule has 0 fully saturated rings. The van der Waals surface area contributed by atoms with Crippen molar-refractivity contribution in [2.24, 2.45) is 5.16 Å². The normalized spacial score (nSPS) is 10.4. The molecular formula is C9H8N2O4. The molecule has 0 saturated carbocycles. The molecule has 0 aliphatic rings. The second-order valence-electron chi connectivity index (χ2n) is 2.70. The van der Waals surface area contributed by atoms with Crippen molar-refractivity contribution in [2.45, 2.75) is 6.42 Å². The van der Waals surface area contributed by atoms with Gasteiger partial charge in [-0.3, -0.25) is 14.9 Å². The zero-order valence-electron chi connectivity index (χ0n) is 7.66. The highest BCUT2D eigenvalue weighted by atomic mass is 16.6. The van der Waals surface area contributed by atoms with Crippen molar-refractivity contribution in [3.05, 3.63) is 39.9 Å². The first-order valence-corrected chi connectivity index (χ1v) is 4.09. The van der Waals surface area contributed by atoms with Crippen LogP contribution in [0.3, 0.4) is 0 Å². The van der Waals surface area contributed by atoms with Crippen LogP contribution in [0.25, 0.3) is 0 Å². The van der Waals surface area contributed by atoms with Gasteiger partial charge in [-0.05, 0) is 6.07 Å². The van der Waals surface area contributed by atoms with E-state index < -0.39 is 10.7 Å². The summed E-state index contributed by atoms with van der Waals surface area (Å²) in [6.45, 7) is 0. The Morgan fingerprint density at radius 3 is 2.80 bits per heavy atom. The maximum Gasteiger partial charge on any atom is 0.280 e. The van der Waals surface area contributed by atoms with Crippen molar-refractivity contribution in [2.75, 3.05) is 0 Å². The zero-order valence-corrected chi connectivity index (χ0v) is 7.66. The van der Waals surface area contributed by atoms with E-state index in [-0.39, 0.29) is 17.7 Å². The van der Waals surface area contributed by atoms with Gasteiger partial charge in [0, 0.05) is 12.5 Å². The van der Waals surface area contributed by atoms with Gasteiger partial charge >= 0.3 is 0 Å². The largest absolute Gasteiger partial charge is 0.411 e. The summed E-state index contributed by atoms with van der Waals surface area (Å²) in [5, 5.41) is 21.4. The first-order chi connectivity index (χ1) is 7.16. The molecule has 0 unspecified atom stereocenters. The summed E-state index contributed by atoms with van der Waals surface area (Å²) in [6, 6.07) is 5.64. The number of hydrogen-bond donors (Lipinski definition) is 1. The third-order valence-corrected chi connectivity index (χ3v) is 1.76. The van der Waals surface area contributed by atoms with E-state index in [1.54, 1.807) is 0 Å². The molecule has 1 aromatic rings. The van der Waals surface area contributed by atoms with Crippen LogP contribution in [-0.2, 0) is 0 Å². The van der Waals surface area contributed by atoms with Gasteiger partial charge in [-0.1, -0.05) is 12.1 Å². The van der Waals surface area contributed by atoms with Gasteiger partial charge < -0.3 is 5.21 Å². The summed E-state index contributed by atoms with van der Waals surface area (Å²) in [5.41, 5.74) is -0.226. The first kappa shape index (κ1) is 10.8. The number of ketones is 1. The van der Waals surface area contributed by atoms with Crippen molar-refractivity contribution in [3.63, 3.8) is 0 Å². The second kappa shape index (κ2) is 4.85. The highest BCUT2D eigenvalue weighted by Gasteiger charge is 2.17. The second-order valence-corrected chi connectivity index (χ2v) is 2.70. The monoisotopic (exact) mass is 208 g/mol. The Bertz CT molecular complexity index is 414. The van der Waals surface area contributed by atoms with Gasteiger partial charge in [-0.25, -0.2) is 0 Å². The molecule has 0 saturated heterocycles. The lowest BCUT2D eigenvalue weighted by atomic mass is 10.1. The third-order valence-electron chi connectivity index (χ3n) is 1.76. The van der Waals surface area contributed by atoms with E-state index in [0.29, 0.717) is 0 Å². The first-order valence-electron chi connectivity index (χ1n) is 4.09. The molecule has 1 aromatic carbocycles. The number of nitrogens with zero attached hydrogens (tertiary/aromatic N) is 2. The average Bonchev–Trinajstić information content (AvgIpc) is 2.25. The Morgan fingerprint density at radius 1 is 1.53 bits per heavy atom. The van der Waals surface area contributed by atoms with Gasteiger partial charge in [0.1, 0.15) is 0 Å². The minimum absolute atomic E-state index is 0.0161. The highest BCUT2D eigenvalue weighted by molar-refractivity contribution is 6.06. The van der Waals surface area contributed by atoms with Crippen LogP contribution >= 0.6 is 0 Å². The summed E-state index contributed by atoms with van der Waals surface area (Å²) in [5.74, 6) is -0.458. The smallest absolute Gasteiger partial charge is 0.280 e. The molecule has 0 bridgehead atoms. The molecule has 0 aromatic heterocycles. The number of Topliss-reactive ketones (excluding diaryl/α,β-unsaturated/α-hetero) is 1. The van der Waals surface area contributed by atoms with Crippen LogP contribution in [0.2, 0.25) is 0 Å². The number of carbonyl (C=O) groups excluding carboxylic acids is 1. The van der Waals surface area contributed by atoms with Crippen molar-refractivity contribution in [1.82, 2.24) is 0 Å². The minimum Gasteiger partial charge on any atom is -0.411 e. The van der Waals surface area contributed by atoms with Crippen molar-refractivity contribution in [3.8, 4) is 0 Å². The van der Waals surface area contributed by atoms with Gasteiger partial charge in [0.25, 0.3) is 5.69 Å². The van der Waals surface area contributed by atoms with E-state index in [1.165, 1.54) is 24.3 Å². The SMILES string of the molecule is O=C(C/C=N/O)c1ccccc1[N+](=O)[O-]. The molecular weight excluding hydrogens is 200 g/mol. The van der Waals surface area contributed by atoms with E-state index in [0.717, 1.165) is 6.21 Å².